The highest BCUT2D eigenvalue weighted by atomic mass is 127. The normalized spacial score (nSPS) is 26.2. The van der Waals surface area contributed by atoms with Gasteiger partial charge in [0.1, 0.15) is 12.9 Å². The van der Waals surface area contributed by atoms with Crippen molar-refractivity contribution in [3.63, 3.8) is 0 Å². The molecule has 0 aromatic rings. The van der Waals surface area contributed by atoms with E-state index in [1.165, 1.54) is 3.58 Å². The summed E-state index contributed by atoms with van der Waals surface area (Å²) < 4.78 is 32.6. The fourth-order valence-electron chi connectivity index (χ4n) is 4.90. The molecule has 0 aromatic carbocycles. The van der Waals surface area contributed by atoms with E-state index in [4.69, 9.17) is 23.1 Å². The van der Waals surface area contributed by atoms with Crippen LogP contribution in [0.4, 0.5) is 0 Å². The van der Waals surface area contributed by atoms with Crippen LogP contribution in [-0.4, -0.2) is 60.9 Å². The molecule has 1 aliphatic rings. The van der Waals surface area contributed by atoms with Gasteiger partial charge in [0.15, 0.2) is 16.6 Å². The molecule has 0 N–H and O–H groups in total. The molecule has 8 atom stereocenters. The van der Waals surface area contributed by atoms with E-state index in [0.29, 0.717) is 6.42 Å². The summed E-state index contributed by atoms with van der Waals surface area (Å²) in [5.74, 6) is -0.0831. The average Bonchev–Trinajstić information content (AvgIpc) is 2.81. The van der Waals surface area contributed by atoms with Crippen LogP contribution in [0.1, 0.15) is 82.6 Å². The van der Waals surface area contributed by atoms with Crippen LogP contribution < -0.4 is 0 Å². The minimum absolute atomic E-state index is 0.0449. The van der Waals surface area contributed by atoms with Crippen LogP contribution >= 0.6 is 22.6 Å². The summed E-state index contributed by atoms with van der Waals surface area (Å²) in [5.41, 5.74) is 0. The van der Waals surface area contributed by atoms with Gasteiger partial charge >= 0.3 is 5.97 Å². The number of ether oxygens (including phenoxy) is 3. The molecule has 9 heteroatoms. The molecule has 0 aliphatic carbocycles. The Labute approximate surface area is 274 Å². The Morgan fingerprint density at radius 3 is 2.00 bits per heavy atom. The third-order valence-electron chi connectivity index (χ3n) is 9.73. The van der Waals surface area contributed by atoms with Crippen molar-refractivity contribution >= 4 is 45.2 Å². The second-order valence-corrected chi connectivity index (χ2v) is 26.7. The number of halogens is 1. The fourth-order valence-corrected chi connectivity index (χ4v) is 8.20. The van der Waals surface area contributed by atoms with Crippen LogP contribution in [0, 0.1) is 23.7 Å². The Hall–Kier alpha value is -0.0462. The van der Waals surface area contributed by atoms with Gasteiger partial charge in [-0.15, -0.1) is 0 Å². The van der Waals surface area contributed by atoms with E-state index in [0.717, 1.165) is 0 Å². The van der Waals surface area contributed by atoms with Gasteiger partial charge in [-0.1, -0.05) is 80.5 Å². The van der Waals surface area contributed by atoms with Gasteiger partial charge in [0, 0.05) is 31.3 Å². The van der Waals surface area contributed by atoms with Crippen molar-refractivity contribution in [2.75, 3.05) is 13.9 Å². The van der Waals surface area contributed by atoms with Crippen molar-refractivity contribution in [1.82, 2.24) is 0 Å². The van der Waals surface area contributed by atoms with E-state index in [9.17, 15) is 4.79 Å². The van der Waals surface area contributed by atoms with Crippen molar-refractivity contribution in [3.8, 4) is 0 Å². The number of hydrogen-bond donors (Lipinski definition) is 0. The molecule has 0 bridgehead atoms. The number of carbonyl (C=O) groups excluding carboxylic acids is 1. The first kappa shape index (κ1) is 40.0. The molecule has 1 fully saturated rings. The Balaban J connectivity index is 3.38. The van der Waals surface area contributed by atoms with Crippen LogP contribution in [0.25, 0.3) is 0 Å². The highest BCUT2D eigenvalue weighted by Gasteiger charge is 2.48. The van der Waals surface area contributed by atoms with Crippen molar-refractivity contribution in [1.29, 1.82) is 0 Å². The van der Waals surface area contributed by atoms with Crippen molar-refractivity contribution < 1.29 is 27.9 Å². The molecule has 0 spiro atoms. The smallest absolute Gasteiger partial charge is 0.311 e. The molecule has 1 aliphatic heterocycles. The number of rotatable bonds is 14. The summed E-state index contributed by atoms with van der Waals surface area (Å²) in [6, 6.07) is 0. The van der Waals surface area contributed by atoms with Gasteiger partial charge in [0.2, 0.25) is 0 Å². The average molecular weight is 739 g/mol. The number of allylic oxidation sites excluding steroid dienone is 1. The Morgan fingerprint density at radius 2 is 1.52 bits per heavy atom. The lowest BCUT2D eigenvalue weighted by atomic mass is 9.84. The van der Waals surface area contributed by atoms with E-state index in [2.05, 4.69) is 136 Å². The predicted molar refractivity (Wildman–Crippen MR) is 189 cm³/mol. The summed E-state index contributed by atoms with van der Waals surface area (Å²) in [4.78, 5) is 13.2. The molecule has 1 saturated heterocycles. The molecule has 0 radical (unpaired) electrons. The molecule has 42 heavy (non-hydrogen) atoms. The third-order valence-corrected chi connectivity index (χ3v) is 19.1. The second kappa shape index (κ2) is 16.0. The van der Waals surface area contributed by atoms with E-state index >= 15 is 0 Å². The molecule has 0 saturated carbocycles. The fraction of sp³-hybridized carbons (Fsp3) is 0.848. The second-order valence-electron chi connectivity index (χ2n) is 15.5. The summed E-state index contributed by atoms with van der Waals surface area (Å²) in [6.45, 7) is 33.4. The molecule has 246 valence electrons. The molecule has 0 amide bonds. The van der Waals surface area contributed by atoms with Gasteiger partial charge in [-0.2, -0.15) is 0 Å². The van der Waals surface area contributed by atoms with Gasteiger partial charge in [0.05, 0.1) is 24.2 Å². The zero-order valence-corrected chi connectivity index (χ0v) is 33.8. The molecule has 6 nitrogen and oxygen atoms in total. The molecule has 1 unspecified atom stereocenters. The van der Waals surface area contributed by atoms with Gasteiger partial charge in [-0.25, -0.2) is 0 Å². The lowest BCUT2D eigenvalue weighted by molar-refractivity contribution is -0.177. The predicted octanol–water partition coefficient (Wildman–Crippen LogP) is 9.51. The third kappa shape index (κ3) is 11.4. The quantitative estimate of drug-likeness (QED) is 0.0582. The van der Waals surface area contributed by atoms with Crippen LogP contribution in [0.5, 0.6) is 0 Å². The number of cyclic esters (lactones) is 1. The molecule has 1 heterocycles. The first-order valence-corrected chi connectivity index (χ1v) is 22.5. The van der Waals surface area contributed by atoms with Gasteiger partial charge in [0.25, 0.3) is 0 Å². The monoisotopic (exact) mass is 738 g/mol. The maximum Gasteiger partial charge on any atom is 0.311 e. The maximum atomic E-state index is 13.2. The summed E-state index contributed by atoms with van der Waals surface area (Å²) in [7, 11) is -2.56. The molecular weight excluding hydrogens is 675 g/mol. The van der Waals surface area contributed by atoms with Crippen LogP contribution in [0.2, 0.25) is 36.3 Å². The molecule has 0 aromatic heterocycles. The van der Waals surface area contributed by atoms with E-state index in [-0.39, 0.29) is 70.9 Å². The van der Waals surface area contributed by atoms with Crippen molar-refractivity contribution in [2.45, 2.75) is 143 Å². The Morgan fingerprint density at radius 1 is 0.976 bits per heavy atom. The molecular formula is C33H63IO6Si2. The largest absolute Gasteiger partial charge is 0.462 e. The SMILES string of the molecule is COCO[C@@H]([C@@H](C)C=C[C@H](CC1OC(=O)[C@H](C)[C@@H](O[Si](C)(C)C(C)(C)C)[C@H]1C)O[Si](C)(C)C(C)(C)C)[C@@H](C)C=C(C)I. The van der Waals surface area contributed by atoms with Crippen molar-refractivity contribution in [2.24, 2.45) is 23.7 Å². The maximum absolute atomic E-state index is 13.2. The van der Waals surface area contributed by atoms with Gasteiger partial charge < -0.3 is 23.1 Å². The number of hydrogen-bond acceptors (Lipinski definition) is 6. The zero-order chi connectivity index (χ0) is 32.8. The Kier molecular flexibility index (Phi) is 15.2. The lowest BCUT2D eigenvalue weighted by Gasteiger charge is -2.47. The van der Waals surface area contributed by atoms with Gasteiger partial charge in [-0.05, 0) is 76.3 Å². The number of esters is 1. The molecule has 1 rings (SSSR count). The van der Waals surface area contributed by atoms with Crippen LogP contribution in [0.15, 0.2) is 21.8 Å². The minimum atomic E-state index is -2.13. The summed E-state index contributed by atoms with van der Waals surface area (Å²) in [5, 5.41) is 0.100. The van der Waals surface area contributed by atoms with E-state index in [1.807, 2.05) is 6.92 Å². The summed E-state index contributed by atoms with van der Waals surface area (Å²) >= 11 is 2.35. The highest BCUT2D eigenvalue weighted by molar-refractivity contribution is 14.1. The van der Waals surface area contributed by atoms with Crippen LogP contribution in [-0.2, 0) is 27.9 Å². The minimum Gasteiger partial charge on any atom is -0.462 e. The van der Waals surface area contributed by atoms with E-state index < -0.39 is 16.6 Å². The van der Waals surface area contributed by atoms with E-state index in [1.54, 1.807) is 7.11 Å². The van der Waals surface area contributed by atoms with Gasteiger partial charge in [-0.3, -0.25) is 4.79 Å². The first-order valence-electron chi connectivity index (χ1n) is 15.6. The summed E-state index contributed by atoms with van der Waals surface area (Å²) in [6.07, 6.45) is 6.52. The Bertz CT molecular complexity index is 916. The lowest BCUT2D eigenvalue weighted by Crippen LogP contribution is -2.55. The highest BCUT2D eigenvalue weighted by Crippen LogP contribution is 2.43. The number of carbonyl (C=O) groups is 1. The first-order chi connectivity index (χ1) is 18.9. The topological polar surface area (TPSA) is 63.2 Å². The van der Waals surface area contributed by atoms with Crippen molar-refractivity contribution in [3.05, 3.63) is 21.8 Å². The number of methoxy groups -OCH3 is 1. The standard InChI is InChI=1S/C33H63IO6Si2/c1-22(29(37-21-36-12)23(2)19-24(3)34)17-18-27(39-41(13,14)32(6,7)8)20-28-25(4)30(26(5)31(35)38-28)40-42(15,16)33(9,10)11/h17-19,22-23,25-30H,20-21H2,1-16H3/t22-,23-,25-,26+,27+,28?,29-,30-/m0/s1. The van der Waals surface area contributed by atoms with Crippen LogP contribution in [0.3, 0.4) is 0 Å². The zero-order valence-electron chi connectivity index (χ0n) is 29.6.